The van der Waals surface area contributed by atoms with E-state index in [4.69, 9.17) is 11.6 Å². The lowest BCUT2D eigenvalue weighted by molar-refractivity contribution is -0.121. The monoisotopic (exact) mass is 385 g/mol. The van der Waals surface area contributed by atoms with E-state index in [1.165, 1.54) is 0 Å². The zero-order valence-corrected chi connectivity index (χ0v) is 15.5. The van der Waals surface area contributed by atoms with Crippen LogP contribution in [0.1, 0.15) is 35.2 Å². The predicted octanol–water partition coefficient (Wildman–Crippen LogP) is 2.86. The van der Waals surface area contributed by atoms with Crippen LogP contribution in [0.2, 0.25) is 5.02 Å². The lowest BCUT2D eigenvalue weighted by Gasteiger charge is -2.26. The van der Waals surface area contributed by atoms with E-state index in [1.807, 2.05) is 0 Å². The predicted molar refractivity (Wildman–Crippen MR) is 103 cm³/mol. The fourth-order valence-electron chi connectivity index (χ4n) is 2.90. The van der Waals surface area contributed by atoms with Gasteiger partial charge in [-0.1, -0.05) is 23.7 Å². The quantitative estimate of drug-likeness (QED) is 0.794. The van der Waals surface area contributed by atoms with Gasteiger partial charge in [-0.2, -0.15) is 0 Å². The van der Waals surface area contributed by atoms with E-state index < -0.39 is 5.91 Å². The SMILES string of the molecule is O=C(Cc1ccc(Cl)cc1)NNC(=O)c1ccc(N2CCCCC2=O)cc1. The smallest absolute Gasteiger partial charge is 0.269 e. The number of piperidine rings is 1. The highest BCUT2D eigenvalue weighted by Crippen LogP contribution is 2.21. The Morgan fingerprint density at radius 2 is 1.67 bits per heavy atom. The molecule has 2 N–H and O–H groups in total. The topological polar surface area (TPSA) is 78.5 Å². The largest absolute Gasteiger partial charge is 0.312 e. The zero-order valence-electron chi connectivity index (χ0n) is 14.7. The molecule has 1 aliphatic heterocycles. The number of rotatable bonds is 4. The molecule has 1 heterocycles. The summed E-state index contributed by atoms with van der Waals surface area (Å²) in [5.74, 6) is -0.648. The third-order valence-corrected chi connectivity index (χ3v) is 4.61. The molecule has 3 amide bonds. The average Bonchev–Trinajstić information content (AvgIpc) is 2.68. The minimum absolute atomic E-state index is 0.105. The number of carbonyl (C=O) groups is 3. The molecule has 1 aliphatic rings. The summed E-state index contributed by atoms with van der Waals surface area (Å²) in [4.78, 5) is 37.8. The number of hydrogen-bond acceptors (Lipinski definition) is 3. The maximum Gasteiger partial charge on any atom is 0.269 e. The second kappa shape index (κ2) is 8.68. The summed E-state index contributed by atoms with van der Waals surface area (Å²) in [6, 6.07) is 13.7. The van der Waals surface area contributed by atoms with Crippen LogP contribution in [-0.4, -0.2) is 24.3 Å². The van der Waals surface area contributed by atoms with Gasteiger partial charge < -0.3 is 4.90 Å². The third kappa shape index (κ3) is 5.08. The van der Waals surface area contributed by atoms with Crippen molar-refractivity contribution in [3.05, 3.63) is 64.7 Å². The van der Waals surface area contributed by atoms with Crippen molar-refractivity contribution < 1.29 is 14.4 Å². The minimum Gasteiger partial charge on any atom is -0.312 e. The zero-order chi connectivity index (χ0) is 19.2. The summed E-state index contributed by atoms with van der Waals surface area (Å²) in [6.45, 7) is 0.700. The molecule has 27 heavy (non-hydrogen) atoms. The van der Waals surface area contributed by atoms with Crippen molar-refractivity contribution in [2.75, 3.05) is 11.4 Å². The number of hydrogen-bond donors (Lipinski definition) is 2. The lowest BCUT2D eigenvalue weighted by atomic mass is 10.1. The molecule has 0 saturated carbocycles. The Morgan fingerprint density at radius 3 is 2.33 bits per heavy atom. The molecular formula is C20H20ClN3O3. The van der Waals surface area contributed by atoms with E-state index in [9.17, 15) is 14.4 Å². The van der Waals surface area contributed by atoms with Crippen molar-refractivity contribution in [2.45, 2.75) is 25.7 Å². The lowest BCUT2D eigenvalue weighted by Crippen LogP contribution is -2.42. The van der Waals surface area contributed by atoms with Crippen LogP contribution < -0.4 is 15.8 Å². The van der Waals surface area contributed by atoms with E-state index in [0.717, 1.165) is 24.1 Å². The van der Waals surface area contributed by atoms with Gasteiger partial charge in [0.2, 0.25) is 11.8 Å². The van der Waals surface area contributed by atoms with E-state index in [2.05, 4.69) is 10.9 Å². The molecule has 2 aromatic carbocycles. The Labute approximate surface area is 162 Å². The van der Waals surface area contributed by atoms with Gasteiger partial charge in [-0.15, -0.1) is 0 Å². The molecule has 140 valence electrons. The molecule has 2 aromatic rings. The van der Waals surface area contributed by atoms with Gasteiger partial charge in [0, 0.05) is 29.2 Å². The van der Waals surface area contributed by atoms with Crippen LogP contribution in [0.25, 0.3) is 0 Å². The van der Waals surface area contributed by atoms with Gasteiger partial charge >= 0.3 is 0 Å². The minimum atomic E-state index is -0.420. The second-order valence-corrected chi connectivity index (χ2v) is 6.79. The Kier molecular flexibility index (Phi) is 6.08. The summed E-state index contributed by atoms with van der Waals surface area (Å²) in [6.07, 6.45) is 2.59. The maximum absolute atomic E-state index is 12.2. The first-order valence-corrected chi connectivity index (χ1v) is 9.15. The second-order valence-electron chi connectivity index (χ2n) is 6.35. The number of nitrogens with one attached hydrogen (secondary N) is 2. The first-order chi connectivity index (χ1) is 13.0. The Bertz CT molecular complexity index is 835. The number of carbonyl (C=O) groups excluding carboxylic acids is 3. The number of nitrogens with zero attached hydrogens (tertiary/aromatic N) is 1. The van der Waals surface area contributed by atoms with Gasteiger partial charge in [-0.05, 0) is 54.8 Å². The van der Waals surface area contributed by atoms with Gasteiger partial charge in [0.25, 0.3) is 5.91 Å². The van der Waals surface area contributed by atoms with Gasteiger partial charge in [0.1, 0.15) is 0 Å². The van der Waals surface area contributed by atoms with Gasteiger partial charge in [-0.25, -0.2) is 0 Å². The summed E-state index contributed by atoms with van der Waals surface area (Å²) >= 11 is 5.81. The van der Waals surface area contributed by atoms with Crippen LogP contribution in [0.4, 0.5) is 5.69 Å². The van der Waals surface area contributed by atoms with Crippen molar-refractivity contribution in [2.24, 2.45) is 0 Å². The number of benzene rings is 2. The molecule has 0 spiro atoms. The van der Waals surface area contributed by atoms with E-state index in [0.29, 0.717) is 23.6 Å². The molecule has 0 atom stereocenters. The Balaban J connectivity index is 1.52. The fourth-order valence-corrected chi connectivity index (χ4v) is 3.03. The highest BCUT2D eigenvalue weighted by molar-refractivity contribution is 6.30. The van der Waals surface area contributed by atoms with Crippen molar-refractivity contribution in [3.8, 4) is 0 Å². The normalized spacial score (nSPS) is 14.0. The number of amides is 3. The fraction of sp³-hybridized carbons (Fsp3) is 0.250. The molecule has 1 saturated heterocycles. The number of halogens is 1. The first kappa shape index (κ1) is 18.9. The molecule has 3 rings (SSSR count). The van der Waals surface area contributed by atoms with Crippen LogP contribution in [0.3, 0.4) is 0 Å². The Hall–Kier alpha value is -2.86. The van der Waals surface area contributed by atoms with Crippen LogP contribution >= 0.6 is 11.6 Å². The molecule has 0 aliphatic carbocycles. The van der Waals surface area contributed by atoms with Crippen LogP contribution in [-0.2, 0) is 16.0 Å². The molecule has 1 fully saturated rings. The molecule has 0 bridgehead atoms. The van der Waals surface area contributed by atoms with Gasteiger partial charge in [-0.3, -0.25) is 25.2 Å². The summed E-state index contributed by atoms with van der Waals surface area (Å²) < 4.78 is 0. The van der Waals surface area contributed by atoms with Crippen LogP contribution in [0.15, 0.2) is 48.5 Å². The van der Waals surface area contributed by atoms with Gasteiger partial charge in [0.15, 0.2) is 0 Å². The molecule has 0 radical (unpaired) electrons. The highest BCUT2D eigenvalue weighted by Gasteiger charge is 2.19. The average molecular weight is 386 g/mol. The number of hydrazine groups is 1. The Morgan fingerprint density at radius 1 is 0.963 bits per heavy atom. The maximum atomic E-state index is 12.2. The van der Waals surface area contributed by atoms with Crippen LogP contribution in [0, 0.1) is 0 Å². The third-order valence-electron chi connectivity index (χ3n) is 4.36. The van der Waals surface area contributed by atoms with Crippen molar-refractivity contribution in [3.63, 3.8) is 0 Å². The van der Waals surface area contributed by atoms with E-state index in [1.54, 1.807) is 53.4 Å². The van der Waals surface area contributed by atoms with E-state index in [-0.39, 0.29) is 18.2 Å². The standard InChI is InChI=1S/C20H20ClN3O3/c21-16-8-4-14(5-9-16)13-18(25)22-23-20(27)15-6-10-17(11-7-15)24-12-2-1-3-19(24)26/h4-11H,1-3,12-13H2,(H,22,25)(H,23,27). The molecular weight excluding hydrogens is 366 g/mol. The van der Waals surface area contributed by atoms with Crippen molar-refractivity contribution in [1.29, 1.82) is 0 Å². The number of anilines is 1. The van der Waals surface area contributed by atoms with Crippen molar-refractivity contribution >= 4 is 35.0 Å². The highest BCUT2D eigenvalue weighted by atomic mass is 35.5. The molecule has 6 nitrogen and oxygen atoms in total. The first-order valence-electron chi connectivity index (χ1n) is 8.77. The molecule has 0 aromatic heterocycles. The van der Waals surface area contributed by atoms with Crippen LogP contribution in [0.5, 0.6) is 0 Å². The molecule has 0 unspecified atom stereocenters. The van der Waals surface area contributed by atoms with Gasteiger partial charge in [0.05, 0.1) is 6.42 Å². The summed E-state index contributed by atoms with van der Waals surface area (Å²) in [5, 5.41) is 0.599. The van der Waals surface area contributed by atoms with E-state index >= 15 is 0 Å². The molecule has 7 heteroatoms. The summed E-state index contributed by atoms with van der Waals surface area (Å²) in [5.41, 5.74) is 6.76. The van der Waals surface area contributed by atoms with Crippen molar-refractivity contribution in [1.82, 2.24) is 10.9 Å². The summed E-state index contributed by atoms with van der Waals surface area (Å²) in [7, 11) is 0.